The first-order chi connectivity index (χ1) is 9.71. The molecule has 108 valence electrons. The summed E-state index contributed by atoms with van der Waals surface area (Å²) in [4.78, 5) is 7.78. The highest BCUT2D eigenvalue weighted by atomic mass is 32.2. The molecule has 2 aromatic rings. The number of fused-ring (bicyclic) bond motifs is 1. The van der Waals surface area contributed by atoms with Gasteiger partial charge in [-0.1, -0.05) is 11.8 Å². The van der Waals surface area contributed by atoms with Gasteiger partial charge in [-0.05, 0) is 30.9 Å². The minimum atomic E-state index is -0.00930. The molecule has 20 heavy (non-hydrogen) atoms. The van der Waals surface area contributed by atoms with Crippen molar-refractivity contribution in [3.05, 3.63) is 18.2 Å². The molecule has 0 spiro atoms. The Hall–Kier alpha value is -1.24. The molecule has 4 N–H and O–H groups in total. The monoisotopic (exact) mass is 293 g/mol. The predicted octanol–water partition coefficient (Wildman–Crippen LogP) is 1.76. The highest BCUT2D eigenvalue weighted by Gasteiger charge is 2.34. The van der Waals surface area contributed by atoms with Crippen LogP contribution in [0, 0.1) is 5.92 Å². The van der Waals surface area contributed by atoms with Crippen molar-refractivity contribution >= 4 is 22.8 Å². The van der Waals surface area contributed by atoms with Gasteiger partial charge in [0.2, 0.25) is 0 Å². The molecule has 1 saturated carbocycles. The van der Waals surface area contributed by atoms with Gasteiger partial charge in [0.15, 0.2) is 5.16 Å². The average molecular weight is 293 g/mol. The van der Waals surface area contributed by atoms with Gasteiger partial charge in [-0.15, -0.1) is 0 Å². The lowest BCUT2D eigenvalue weighted by atomic mass is 10.1. The molecular formula is C14H19N3O2S. The summed E-state index contributed by atoms with van der Waals surface area (Å²) in [7, 11) is 1.64. The Kier molecular flexibility index (Phi) is 3.87. The van der Waals surface area contributed by atoms with E-state index in [1.807, 2.05) is 18.2 Å². The third-order valence-electron chi connectivity index (χ3n) is 3.71. The van der Waals surface area contributed by atoms with Gasteiger partial charge in [0.05, 0.1) is 30.0 Å². The van der Waals surface area contributed by atoms with Crippen molar-refractivity contribution in [3.8, 4) is 5.75 Å². The van der Waals surface area contributed by atoms with E-state index < -0.39 is 0 Å². The molecule has 0 saturated heterocycles. The van der Waals surface area contributed by atoms with Crippen LogP contribution in [0.15, 0.2) is 23.4 Å². The Morgan fingerprint density at radius 2 is 2.35 bits per heavy atom. The number of aromatic nitrogens is 2. The van der Waals surface area contributed by atoms with Crippen LogP contribution in [0.2, 0.25) is 0 Å². The number of H-pyrrole nitrogens is 1. The summed E-state index contributed by atoms with van der Waals surface area (Å²) >= 11 is 1.52. The number of thioether (sulfide) groups is 1. The van der Waals surface area contributed by atoms with E-state index >= 15 is 0 Å². The molecule has 0 radical (unpaired) electrons. The molecule has 0 bridgehead atoms. The first kappa shape index (κ1) is 13.7. The smallest absolute Gasteiger partial charge is 0.166 e. The molecule has 0 amide bonds. The Bertz CT molecular complexity index is 597. The second-order valence-corrected chi connectivity index (χ2v) is 6.41. The van der Waals surface area contributed by atoms with E-state index in [1.54, 1.807) is 7.11 Å². The second kappa shape index (κ2) is 5.63. The third-order valence-corrected chi connectivity index (χ3v) is 4.89. The molecule has 1 heterocycles. The van der Waals surface area contributed by atoms with E-state index in [-0.39, 0.29) is 17.9 Å². The maximum Gasteiger partial charge on any atom is 0.166 e. The average Bonchev–Trinajstić information content (AvgIpc) is 3.23. The molecule has 5 nitrogen and oxygen atoms in total. The Balaban J connectivity index is 1.78. The molecule has 2 unspecified atom stereocenters. The molecule has 1 aromatic heterocycles. The van der Waals surface area contributed by atoms with Gasteiger partial charge in [-0.25, -0.2) is 4.98 Å². The number of nitrogens with zero attached hydrogens (tertiary/aromatic N) is 1. The lowest BCUT2D eigenvalue weighted by Crippen LogP contribution is -2.36. The van der Waals surface area contributed by atoms with Crippen LogP contribution < -0.4 is 10.5 Å². The predicted molar refractivity (Wildman–Crippen MR) is 80.1 cm³/mol. The number of benzene rings is 1. The van der Waals surface area contributed by atoms with E-state index in [2.05, 4.69) is 9.97 Å². The third kappa shape index (κ3) is 2.77. The number of rotatable bonds is 6. The lowest BCUT2D eigenvalue weighted by molar-refractivity contribution is 0.277. The van der Waals surface area contributed by atoms with Crippen LogP contribution in [0.25, 0.3) is 11.0 Å². The second-order valence-electron chi connectivity index (χ2n) is 5.18. The van der Waals surface area contributed by atoms with Crippen molar-refractivity contribution in [1.82, 2.24) is 9.97 Å². The summed E-state index contributed by atoms with van der Waals surface area (Å²) in [5.74, 6) is 1.36. The van der Waals surface area contributed by atoms with Gasteiger partial charge in [0, 0.05) is 12.1 Å². The van der Waals surface area contributed by atoms with Crippen LogP contribution in [0.4, 0.5) is 0 Å². The van der Waals surface area contributed by atoms with Crippen LogP contribution in [-0.4, -0.2) is 40.1 Å². The normalized spacial score (nSPS) is 18.1. The van der Waals surface area contributed by atoms with Gasteiger partial charge in [0.1, 0.15) is 5.75 Å². The van der Waals surface area contributed by atoms with Crippen molar-refractivity contribution in [2.75, 3.05) is 13.7 Å². The van der Waals surface area contributed by atoms with Crippen molar-refractivity contribution < 1.29 is 9.84 Å². The number of hydrogen-bond donors (Lipinski definition) is 3. The fourth-order valence-corrected chi connectivity index (χ4v) is 3.37. The number of nitrogens with two attached hydrogens (primary N) is 1. The maximum atomic E-state index is 9.53. The standard InChI is InChI=1S/C14H19N3O2S/c1-19-9-4-5-10-11(6-9)17-14(16-10)20-12(7-18)13(15)8-2-3-8/h4-6,8,12-13,18H,2-3,7,15H2,1H3,(H,16,17). The van der Waals surface area contributed by atoms with Crippen molar-refractivity contribution in [1.29, 1.82) is 0 Å². The Labute approximate surface area is 121 Å². The van der Waals surface area contributed by atoms with Crippen molar-refractivity contribution in [2.24, 2.45) is 11.7 Å². The van der Waals surface area contributed by atoms with Crippen LogP contribution >= 0.6 is 11.8 Å². The molecule has 1 aromatic carbocycles. The zero-order valence-corrected chi connectivity index (χ0v) is 12.2. The quantitative estimate of drug-likeness (QED) is 0.707. The van der Waals surface area contributed by atoms with Gasteiger partial charge < -0.3 is 20.6 Å². The van der Waals surface area contributed by atoms with Crippen LogP contribution in [0.5, 0.6) is 5.75 Å². The summed E-state index contributed by atoms with van der Waals surface area (Å²) in [5.41, 5.74) is 8.01. The summed E-state index contributed by atoms with van der Waals surface area (Å²) < 4.78 is 5.20. The number of imidazole rings is 1. The van der Waals surface area contributed by atoms with Crippen molar-refractivity contribution in [2.45, 2.75) is 29.3 Å². The molecule has 1 aliphatic carbocycles. The number of ether oxygens (including phenoxy) is 1. The fraction of sp³-hybridized carbons (Fsp3) is 0.500. The topological polar surface area (TPSA) is 84.2 Å². The lowest BCUT2D eigenvalue weighted by Gasteiger charge is -2.19. The van der Waals surface area contributed by atoms with Crippen LogP contribution in [0.1, 0.15) is 12.8 Å². The fourth-order valence-electron chi connectivity index (χ4n) is 2.31. The summed E-state index contributed by atoms with van der Waals surface area (Å²) in [5, 5.41) is 10.3. The van der Waals surface area contributed by atoms with Gasteiger partial charge >= 0.3 is 0 Å². The first-order valence-corrected chi connectivity index (χ1v) is 7.66. The van der Waals surface area contributed by atoms with Gasteiger partial charge in [-0.2, -0.15) is 0 Å². The molecule has 2 atom stereocenters. The molecule has 0 aliphatic heterocycles. The molecule has 1 fully saturated rings. The van der Waals surface area contributed by atoms with E-state index in [0.717, 1.165) is 21.9 Å². The molecule has 1 aliphatic rings. The number of hydrogen-bond acceptors (Lipinski definition) is 5. The minimum Gasteiger partial charge on any atom is -0.497 e. The number of aliphatic hydroxyl groups is 1. The SMILES string of the molecule is COc1ccc2nc(SC(CO)C(N)C3CC3)[nH]c2c1. The first-order valence-electron chi connectivity index (χ1n) is 6.78. The molecule has 6 heteroatoms. The number of nitrogens with one attached hydrogen (secondary N) is 1. The van der Waals surface area contributed by atoms with Crippen LogP contribution in [0.3, 0.4) is 0 Å². The molecular weight excluding hydrogens is 274 g/mol. The van der Waals surface area contributed by atoms with E-state index in [1.165, 1.54) is 24.6 Å². The Morgan fingerprint density at radius 3 is 3.00 bits per heavy atom. The Morgan fingerprint density at radius 1 is 1.55 bits per heavy atom. The molecule has 3 rings (SSSR count). The summed E-state index contributed by atoms with van der Waals surface area (Å²) in [6, 6.07) is 5.76. The van der Waals surface area contributed by atoms with E-state index in [0.29, 0.717) is 5.92 Å². The van der Waals surface area contributed by atoms with Gasteiger partial charge in [-0.3, -0.25) is 0 Å². The van der Waals surface area contributed by atoms with Crippen LogP contribution in [-0.2, 0) is 0 Å². The van der Waals surface area contributed by atoms with Crippen molar-refractivity contribution in [3.63, 3.8) is 0 Å². The maximum absolute atomic E-state index is 9.53. The highest BCUT2D eigenvalue weighted by Crippen LogP contribution is 2.37. The largest absolute Gasteiger partial charge is 0.497 e. The van der Waals surface area contributed by atoms with E-state index in [9.17, 15) is 5.11 Å². The zero-order chi connectivity index (χ0) is 14.1. The summed E-state index contributed by atoms with van der Waals surface area (Å²) in [6.45, 7) is 0.0721. The minimum absolute atomic E-state index is 0.00930. The number of methoxy groups -OCH3 is 1. The van der Waals surface area contributed by atoms with Gasteiger partial charge in [0.25, 0.3) is 0 Å². The number of aliphatic hydroxyl groups excluding tert-OH is 1. The number of aromatic amines is 1. The highest BCUT2D eigenvalue weighted by molar-refractivity contribution is 7.99. The zero-order valence-electron chi connectivity index (χ0n) is 11.4. The summed E-state index contributed by atoms with van der Waals surface area (Å²) in [6.07, 6.45) is 2.35. The van der Waals surface area contributed by atoms with E-state index in [4.69, 9.17) is 10.5 Å².